The van der Waals surface area contributed by atoms with E-state index in [1.54, 1.807) is 6.07 Å². The topological polar surface area (TPSA) is 52.6 Å². The minimum atomic E-state index is -0.398. The molecule has 0 saturated carbocycles. The van der Waals surface area contributed by atoms with Crippen LogP contribution in [-0.4, -0.2) is 18.5 Å². The summed E-state index contributed by atoms with van der Waals surface area (Å²) in [6.07, 6.45) is 14.0. The Bertz CT molecular complexity index is 594. The molecule has 1 rings (SSSR count). The Kier molecular flexibility index (Phi) is 13.9. The normalized spacial score (nSPS) is 10.7. The lowest BCUT2D eigenvalue weighted by Crippen LogP contribution is -2.13. The minimum absolute atomic E-state index is 0.0461. The molecule has 4 heteroatoms. The lowest BCUT2D eigenvalue weighted by atomic mass is 10.1. The van der Waals surface area contributed by atoms with Gasteiger partial charge in [0, 0.05) is 0 Å². The molecule has 0 aliphatic heterocycles. The molecule has 0 radical (unpaired) electrons. The van der Waals surface area contributed by atoms with Crippen molar-refractivity contribution in [2.45, 2.75) is 104 Å². The molecule has 0 heterocycles. The molecular formula is C25H40O4. The lowest BCUT2D eigenvalue weighted by Gasteiger charge is -2.09. The van der Waals surface area contributed by atoms with Gasteiger partial charge in [-0.15, -0.1) is 0 Å². The Morgan fingerprint density at radius 2 is 1.31 bits per heavy atom. The van der Waals surface area contributed by atoms with Crippen molar-refractivity contribution in [1.82, 2.24) is 0 Å². The summed E-state index contributed by atoms with van der Waals surface area (Å²) < 4.78 is 10.6. The van der Waals surface area contributed by atoms with Crippen molar-refractivity contribution in [3.05, 3.63) is 29.3 Å². The molecule has 1 aromatic carbocycles. The molecule has 0 bridgehead atoms. The highest BCUT2D eigenvalue weighted by molar-refractivity contribution is 5.79. The Hall–Kier alpha value is -1.84. The van der Waals surface area contributed by atoms with Gasteiger partial charge in [0.25, 0.3) is 0 Å². The lowest BCUT2D eigenvalue weighted by molar-refractivity contribution is -0.147. The second-order valence-electron chi connectivity index (χ2n) is 7.93. The van der Waals surface area contributed by atoms with Crippen LogP contribution < -0.4 is 4.74 Å². The molecule has 0 aliphatic rings. The van der Waals surface area contributed by atoms with E-state index in [0.29, 0.717) is 12.4 Å². The first kappa shape index (κ1) is 25.2. The average Bonchev–Trinajstić information content (AvgIpc) is 2.70. The SMILES string of the molecule is CCCCCCCCCCCCCOC(=O)CCC(=O)Oc1cccc(C)c1C. The zero-order valence-corrected chi connectivity index (χ0v) is 18.8. The van der Waals surface area contributed by atoms with Crippen LogP contribution in [0, 0.1) is 13.8 Å². The smallest absolute Gasteiger partial charge is 0.311 e. The minimum Gasteiger partial charge on any atom is -0.466 e. The fraction of sp³-hybridized carbons (Fsp3) is 0.680. The second kappa shape index (κ2) is 16.0. The van der Waals surface area contributed by atoms with Crippen molar-refractivity contribution in [2.75, 3.05) is 6.61 Å². The molecule has 4 nitrogen and oxygen atoms in total. The molecule has 0 N–H and O–H groups in total. The summed E-state index contributed by atoms with van der Waals surface area (Å²) in [6.45, 7) is 6.58. The number of aryl methyl sites for hydroxylation is 1. The van der Waals surface area contributed by atoms with E-state index in [9.17, 15) is 9.59 Å². The van der Waals surface area contributed by atoms with E-state index in [1.165, 1.54) is 57.8 Å². The first-order valence-electron chi connectivity index (χ1n) is 11.5. The molecular weight excluding hydrogens is 364 g/mol. The molecule has 29 heavy (non-hydrogen) atoms. The first-order chi connectivity index (χ1) is 14.0. The molecule has 0 amide bonds. The van der Waals surface area contributed by atoms with Gasteiger partial charge in [-0.2, -0.15) is 0 Å². The monoisotopic (exact) mass is 404 g/mol. The quantitative estimate of drug-likeness (QED) is 0.172. The summed E-state index contributed by atoms with van der Waals surface area (Å²) >= 11 is 0. The standard InChI is InChI=1S/C25H40O4/c1-4-5-6-7-8-9-10-11-12-13-14-20-28-24(26)18-19-25(27)29-23-17-15-16-21(2)22(23)3/h15-17H,4-14,18-20H2,1-3H3. The van der Waals surface area contributed by atoms with Gasteiger partial charge >= 0.3 is 11.9 Å². The van der Waals surface area contributed by atoms with Gasteiger partial charge in [-0.25, -0.2) is 0 Å². The highest BCUT2D eigenvalue weighted by Crippen LogP contribution is 2.21. The van der Waals surface area contributed by atoms with E-state index in [0.717, 1.165) is 24.0 Å². The van der Waals surface area contributed by atoms with Gasteiger partial charge in [0.05, 0.1) is 19.4 Å². The number of hydrogen-bond acceptors (Lipinski definition) is 4. The van der Waals surface area contributed by atoms with E-state index in [4.69, 9.17) is 9.47 Å². The van der Waals surface area contributed by atoms with E-state index in [-0.39, 0.29) is 18.8 Å². The third kappa shape index (κ3) is 12.4. The summed E-state index contributed by atoms with van der Waals surface area (Å²) in [5, 5.41) is 0. The summed E-state index contributed by atoms with van der Waals surface area (Å²) in [7, 11) is 0. The van der Waals surface area contributed by atoms with Crippen molar-refractivity contribution >= 4 is 11.9 Å². The number of carbonyl (C=O) groups is 2. The van der Waals surface area contributed by atoms with E-state index in [2.05, 4.69) is 6.92 Å². The Balaban J connectivity index is 1.97. The summed E-state index contributed by atoms with van der Waals surface area (Å²) in [5.74, 6) is -0.162. The molecule has 1 aromatic rings. The van der Waals surface area contributed by atoms with Gasteiger partial charge < -0.3 is 9.47 Å². The third-order valence-electron chi connectivity index (χ3n) is 5.32. The Morgan fingerprint density at radius 3 is 1.93 bits per heavy atom. The number of esters is 2. The van der Waals surface area contributed by atoms with Crippen molar-refractivity contribution in [1.29, 1.82) is 0 Å². The fourth-order valence-electron chi connectivity index (χ4n) is 3.24. The van der Waals surface area contributed by atoms with Crippen LogP contribution in [0.3, 0.4) is 0 Å². The number of rotatable bonds is 16. The Labute approximate surface area is 177 Å². The van der Waals surface area contributed by atoms with Crippen LogP contribution in [0.15, 0.2) is 18.2 Å². The van der Waals surface area contributed by atoms with Crippen LogP contribution in [0.5, 0.6) is 5.75 Å². The van der Waals surface area contributed by atoms with Crippen LogP contribution in [-0.2, 0) is 14.3 Å². The molecule has 0 aliphatic carbocycles. The number of hydrogen-bond donors (Lipinski definition) is 0. The maximum Gasteiger partial charge on any atom is 0.311 e. The van der Waals surface area contributed by atoms with Gasteiger partial charge in [0.2, 0.25) is 0 Å². The van der Waals surface area contributed by atoms with Crippen molar-refractivity contribution in [3.63, 3.8) is 0 Å². The number of unbranched alkanes of at least 4 members (excludes halogenated alkanes) is 10. The Morgan fingerprint density at radius 1 is 0.759 bits per heavy atom. The highest BCUT2D eigenvalue weighted by atomic mass is 16.5. The average molecular weight is 405 g/mol. The number of ether oxygens (including phenoxy) is 2. The fourth-order valence-corrected chi connectivity index (χ4v) is 3.24. The van der Waals surface area contributed by atoms with Crippen molar-refractivity contribution < 1.29 is 19.1 Å². The maximum atomic E-state index is 11.9. The van der Waals surface area contributed by atoms with Crippen LogP contribution in [0.2, 0.25) is 0 Å². The van der Waals surface area contributed by atoms with Crippen molar-refractivity contribution in [2.24, 2.45) is 0 Å². The van der Waals surface area contributed by atoms with Gasteiger partial charge in [-0.3, -0.25) is 9.59 Å². The van der Waals surface area contributed by atoms with Crippen LogP contribution in [0.25, 0.3) is 0 Å². The predicted molar refractivity (Wildman–Crippen MR) is 118 cm³/mol. The number of carbonyl (C=O) groups excluding carboxylic acids is 2. The van der Waals surface area contributed by atoms with Gasteiger partial charge in [-0.1, -0.05) is 83.3 Å². The third-order valence-corrected chi connectivity index (χ3v) is 5.32. The maximum absolute atomic E-state index is 11.9. The molecule has 0 unspecified atom stereocenters. The first-order valence-corrected chi connectivity index (χ1v) is 11.5. The molecule has 0 saturated heterocycles. The largest absolute Gasteiger partial charge is 0.466 e. The van der Waals surface area contributed by atoms with Gasteiger partial charge in [-0.05, 0) is 37.5 Å². The molecule has 0 fully saturated rings. The van der Waals surface area contributed by atoms with Crippen LogP contribution in [0.4, 0.5) is 0 Å². The molecule has 164 valence electrons. The highest BCUT2D eigenvalue weighted by Gasteiger charge is 2.12. The van der Waals surface area contributed by atoms with Gasteiger partial charge in [0.1, 0.15) is 5.75 Å². The summed E-state index contributed by atoms with van der Waals surface area (Å²) in [4.78, 5) is 23.7. The van der Waals surface area contributed by atoms with E-state index >= 15 is 0 Å². The van der Waals surface area contributed by atoms with E-state index < -0.39 is 5.97 Å². The van der Waals surface area contributed by atoms with Crippen molar-refractivity contribution in [3.8, 4) is 5.75 Å². The molecule has 0 aromatic heterocycles. The molecule has 0 atom stereocenters. The number of benzene rings is 1. The van der Waals surface area contributed by atoms with E-state index in [1.807, 2.05) is 26.0 Å². The van der Waals surface area contributed by atoms with Crippen LogP contribution in [0.1, 0.15) is 102 Å². The molecule has 0 spiro atoms. The summed E-state index contributed by atoms with van der Waals surface area (Å²) in [5.41, 5.74) is 2.02. The zero-order valence-electron chi connectivity index (χ0n) is 18.8. The summed E-state index contributed by atoms with van der Waals surface area (Å²) in [6, 6.07) is 5.59. The predicted octanol–water partition coefficient (Wildman–Crippen LogP) is 6.84. The zero-order chi connectivity index (χ0) is 21.3. The van der Waals surface area contributed by atoms with Gasteiger partial charge in [0.15, 0.2) is 0 Å². The second-order valence-corrected chi connectivity index (χ2v) is 7.93. The van der Waals surface area contributed by atoms with Crippen LogP contribution >= 0.6 is 0 Å².